The van der Waals surface area contributed by atoms with E-state index in [9.17, 15) is 22.8 Å². The summed E-state index contributed by atoms with van der Waals surface area (Å²) in [6.45, 7) is -0.0222. The molecule has 7 heteroatoms. The van der Waals surface area contributed by atoms with Gasteiger partial charge in [-0.25, -0.2) is 0 Å². The monoisotopic (exact) mass is 381 g/mol. The molecule has 0 bridgehead atoms. The number of Topliss-reactive ketones (excluding diaryl/α,β-unsaturated/α-hetero) is 1. The molecule has 26 heavy (non-hydrogen) atoms. The lowest BCUT2D eigenvalue weighted by atomic mass is 10.1. The number of nitrogens with zero attached hydrogens (tertiary/aromatic N) is 1. The minimum absolute atomic E-state index is 0.150. The number of alkyl halides is 3. The van der Waals surface area contributed by atoms with Crippen LogP contribution in [-0.2, 0) is 11.3 Å². The number of hydrogen-bond donors (Lipinski definition) is 0. The predicted octanol–water partition coefficient (Wildman–Crippen LogP) is 4.67. The van der Waals surface area contributed by atoms with E-state index < -0.39 is 12.0 Å². The molecule has 0 saturated carbocycles. The number of allylic oxidation sites excluding steroid dienone is 1. The van der Waals surface area contributed by atoms with Gasteiger partial charge in [0.1, 0.15) is 0 Å². The zero-order valence-corrected chi connectivity index (χ0v) is 14.3. The molecule has 0 amide bonds. The van der Waals surface area contributed by atoms with E-state index in [4.69, 9.17) is 11.6 Å². The van der Waals surface area contributed by atoms with Gasteiger partial charge in [-0.2, -0.15) is 13.2 Å². The van der Waals surface area contributed by atoms with Crippen molar-refractivity contribution in [3.8, 4) is 0 Å². The second-order valence-electron chi connectivity index (χ2n) is 5.50. The maximum Gasteiger partial charge on any atom is 0.454 e. The highest BCUT2D eigenvalue weighted by molar-refractivity contribution is 6.30. The van der Waals surface area contributed by atoms with E-state index in [0.717, 1.165) is 11.8 Å². The van der Waals surface area contributed by atoms with E-state index in [1.165, 1.54) is 4.90 Å². The molecule has 3 nitrogen and oxygen atoms in total. The van der Waals surface area contributed by atoms with E-state index in [2.05, 4.69) is 0 Å². The lowest BCUT2D eigenvalue weighted by Gasteiger charge is -2.20. The van der Waals surface area contributed by atoms with E-state index in [0.29, 0.717) is 16.7 Å². The van der Waals surface area contributed by atoms with Gasteiger partial charge in [-0.3, -0.25) is 9.59 Å². The topological polar surface area (TPSA) is 37.4 Å². The van der Waals surface area contributed by atoms with Gasteiger partial charge in [0.05, 0.1) is 6.54 Å². The fraction of sp³-hybridized carbons (Fsp3) is 0.158. The lowest BCUT2D eigenvalue weighted by Crippen LogP contribution is -2.26. The molecular formula is C19H15ClF3NO2. The molecule has 136 valence electrons. The van der Waals surface area contributed by atoms with Gasteiger partial charge in [0.15, 0.2) is 5.78 Å². The fourth-order valence-corrected chi connectivity index (χ4v) is 2.28. The molecule has 0 aliphatic carbocycles. The highest BCUT2D eigenvalue weighted by atomic mass is 35.5. The molecule has 2 aromatic rings. The first kappa shape index (κ1) is 19.7. The molecule has 0 heterocycles. The Balaban J connectivity index is 2.17. The Bertz CT molecular complexity index is 787. The molecule has 2 aromatic carbocycles. The van der Waals surface area contributed by atoms with Gasteiger partial charge in [-0.15, -0.1) is 0 Å². The number of carbonyl (C=O) groups is 2. The van der Waals surface area contributed by atoms with Gasteiger partial charge in [-0.1, -0.05) is 54.1 Å². The van der Waals surface area contributed by atoms with Crippen molar-refractivity contribution < 1.29 is 22.8 Å². The molecule has 0 N–H and O–H groups in total. The summed E-state index contributed by atoms with van der Waals surface area (Å²) in [6, 6.07) is 15.0. The highest BCUT2D eigenvalue weighted by Gasteiger charge is 2.36. The number of halogens is 4. The van der Waals surface area contributed by atoms with Crippen LogP contribution in [0.5, 0.6) is 0 Å². The van der Waals surface area contributed by atoms with Crippen molar-refractivity contribution in [2.24, 2.45) is 0 Å². The van der Waals surface area contributed by atoms with Gasteiger partial charge in [0.25, 0.3) is 5.78 Å². The summed E-state index contributed by atoms with van der Waals surface area (Å²) in [4.78, 5) is 24.8. The average molecular weight is 382 g/mol. The Morgan fingerprint density at radius 2 is 1.62 bits per heavy atom. The smallest absolute Gasteiger partial charge is 0.365 e. The summed E-state index contributed by atoms with van der Waals surface area (Å²) in [5.41, 5.74) is 1.17. The maximum absolute atomic E-state index is 12.4. The van der Waals surface area contributed by atoms with Crippen LogP contribution >= 0.6 is 11.6 Å². The third-order valence-electron chi connectivity index (χ3n) is 3.46. The van der Waals surface area contributed by atoms with Crippen LogP contribution in [-0.4, -0.2) is 29.2 Å². The third kappa shape index (κ3) is 6.04. The van der Waals surface area contributed by atoms with E-state index in [-0.39, 0.29) is 18.9 Å². The summed E-state index contributed by atoms with van der Waals surface area (Å²) in [7, 11) is 0. The predicted molar refractivity (Wildman–Crippen MR) is 92.8 cm³/mol. The molecule has 0 saturated heterocycles. The Kier molecular flexibility index (Phi) is 6.58. The first-order valence-corrected chi connectivity index (χ1v) is 7.99. The molecule has 2 rings (SSSR count). The standard InChI is InChI=1S/C19H15ClF3NO2/c20-16-8-6-14(7-9-16)12-24(11-10-18(26)19(21,22)23)13-17(25)15-4-2-1-3-5-15/h1-11H,12-13H2/b11-10+. The van der Waals surface area contributed by atoms with Crippen LogP contribution in [0.2, 0.25) is 5.02 Å². The molecule has 0 radical (unpaired) electrons. The molecule has 0 unspecified atom stereocenters. The number of ketones is 2. The van der Waals surface area contributed by atoms with E-state index in [1.807, 2.05) is 0 Å². The van der Waals surface area contributed by atoms with Crippen LogP contribution in [0.15, 0.2) is 66.9 Å². The van der Waals surface area contributed by atoms with Crippen molar-refractivity contribution in [2.75, 3.05) is 6.54 Å². The van der Waals surface area contributed by atoms with Crippen LogP contribution in [0.3, 0.4) is 0 Å². The molecule has 0 aliphatic heterocycles. The summed E-state index contributed by atoms with van der Waals surface area (Å²) in [5, 5.41) is 0.517. The van der Waals surface area contributed by atoms with Crippen molar-refractivity contribution in [3.63, 3.8) is 0 Å². The quantitative estimate of drug-likeness (QED) is 0.516. The van der Waals surface area contributed by atoms with Crippen LogP contribution in [0, 0.1) is 0 Å². The molecule has 0 aromatic heterocycles. The van der Waals surface area contributed by atoms with Gasteiger partial charge in [-0.05, 0) is 17.7 Å². The molecule has 0 atom stereocenters. The first-order chi connectivity index (χ1) is 12.3. The van der Waals surface area contributed by atoms with Crippen molar-refractivity contribution in [2.45, 2.75) is 12.7 Å². The van der Waals surface area contributed by atoms with Gasteiger partial charge in [0.2, 0.25) is 0 Å². The first-order valence-electron chi connectivity index (χ1n) is 7.62. The summed E-state index contributed by atoms with van der Waals surface area (Å²) in [6.07, 6.45) is -3.54. The Labute approximate surface area is 153 Å². The van der Waals surface area contributed by atoms with Gasteiger partial charge in [0, 0.05) is 29.4 Å². The van der Waals surface area contributed by atoms with Crippen molar-refractivity contribution in [1.29, 1.82) is 0 Å². The van der Waals surface area contributed by atoms with E-state index >= 15 is 0 Å². The van der Waals surface area contributed by atoms with Gasteiger partial charge >= 0.3 is 6.18 Å². The third-order valence-corrected chi connectivity index (χ3v) is 3.71. The summed E-state index contributed by atoms with van der Waals surface area (Å²) >= 11 is 5.81. The Morgan fingerprint density at radius 3 is 2.19 bits per heavy atom. The minimum atomic E-state index is -4.95. The van der Waals surface area contributed by atoms with Crippen molar-refractivity contribution in [1.82, 2.24) is 4.90 Å². The highest BCUT2D eigenvalue weighted by Crippen LogP contribution is 2.17. The molecule has 0 aliphatic rings. The fourth-order valence-electron chi connectivity index (χ4n) is 2.15. The van der Waals surface area contributed by atoms with Crippen LogP contribution in [0.25, 0.3) is 0 Å². The van der Waals surface area contributed by atoms with Crippen molar-refractivity contribution in [3.05, 3.63) is 83.0 Å². The second kappa shape index (κ2) is 8.67. The van der Waals surface area contributed by atoms with E-state index in [1.54, 1.807) is 54.6 Å². The van der Waals surface area contributed by atoms with Crippen molar-refractivity contribution >= 4 is 23.2 Å². The summed E-state index contributed by atoms with van der Waals surface area (Å²) in [5.74, 6) is -2.26. The lowest BCUT2D eigenvalue weighted by molar-refractivity contribution is -0.165. The van der Waals surface area contributed by atoms with Gasteiger partial charge < -0.3 is 4.90 Å². The average Bonchev–Trinajstić information content (AvgIpc) is 2.61. The second-order valence-corrected chi connectivity index (χ2v) is 5.93. The largest absolute Gasteiger partial charge is 0.454 e. The van der Waals surface area contributed by atoms with Crippen LogP contribution < -0.4 is 0 Å². The molecular weight excluding hydrogens is 367 g/mol. The van der Waals surface area contributed by atoms with Crippen LogP contribution in [0.4, 0.5) is 13.2 Å². The molecule has 0 spiro atoms. The minimum Gasteiger partial charge on any atom is -0.365 e. The number of carbonyl (C=O) groups excluding carboxylic acids is 2. The zero-order valence-electron chi connectivity index (χ0n) is 13.5. The SMILES string of the molecule is O=C(CN(/C=C/C(=O)C(F)(F)F)Cc1ccc(Cl)cc1)c1ccccc1. The number of hydrogen-bond acceptors (Lipinski definition) is 3. The van der Waals surface area contributed by atoms with Crippen LogP contribution in [0.1, 0.15) is 15.9 Å². The maximum atomic E-state index is 12.4. The Morgan fingerprint density at radius 1 is 1.00 bits per heavy atom. The normalized spacial score (nSPS) is 11.5. The molecule has 0 fully saturated rings. The Hall–Kier alpha value is -2.60. The number of benzene rings is 2. The number of rotatable bonds is 7. The zero-order chi connectivity index (χ0) is 19.2. The summed E-state index contributed by atoms with van der Waals surface area (Å²) < 4.78 is 37.2.